The summed E-state index contributed by atoms with van der Waals surface area (Å²) >= 11 is 0. The first kappa shape index (κ1) is 75.0. The van der Waals surface area contributed by atoms with Crippen molar-refractivity contribution in [3.05, 3.63) is 448 Å². The zero-order valence-corrected chi connectivity index (χ0v) is 69.4. The molecule has 0 N–H and O–H groups in total. The average Bonchev–Trinajstić information content (AvgIpc) is 1.54. The molecule has 0 aliphatic heterocycles. The maximum absolute atomic E-state index is 5.21. The minimum absolute atomic E-state index is 0.0489. The monoisotopic (exact) mass is 1630 g/mol. The Morgan fingerprint density at radius 1 is 0.205 bits per heavy atom. The van der Waals surface area contributed by atoms with E-state index in [2.05, 4.69) is 359 Å². The van der Waals surface area contributed by atoms with E-state index in [9.17, 15) is 0 Å². The van der Waals surface area contributed by atoms with Crippen LogP contribution in [0.2, 0.25) is 0 Å². The third kappa shape index (κ3) is 13.3. The number of hydrogen-bond acceptors (Lipinski definition) is 8. The van der Waals surface area contributed by atoms with Gasteiger partial charge in [-0.25, -0.2) is 29.9 Å². The molecule has 0 bridgehead atoms. The number of benzene rings is 17. The van der Waals surface area contributed by atoms with E-state index >= 15 is 0 Å². The molecule has 24 aromatic rings. The molecular weight excluding hydrogens is 1550 g/mol. The Kier molecular flexibility index (Phi) is 18.6. The smallest absolute Gasteiger partial charge is 0.238 e. The van der Waals surface area contributed by atoms with Crippen LogP contribution in [0, 0.1) is 0 Å². The van der Waals surface area contributed by atoms with Crippen molar-refractivity contribution >= 4 is 87.2 Å². The highest BCUT2D eigenvalue weighted by Crippen LogP contribution is 2.54. The maximum Gasteiger partial charge on any atom is 0.238 e. The van der Waals surface area contributed by atoms with E-state index in [0.717, 1.165) is 100 Å². The molecule has 0 fully saturated rings. The molecule has 17 aromatic carbocycles. The molecule has 12 heteroatoms. The molecule has 0 saturated carbocycles. The van der Waals surface area contributed by atoms with Gasteiger partial charge < -0.3 is 13.7 Å². The SMILES string of the molecule is CC1(C)c2ccccc2-c2c1ccc1c2c2ccccc2n1-c1ccc(-c2nc(-c3ccccc3)nc(-c3ccccc3)n2)cc1.c1ccc(-c2ccc(-c3nc(-c4ccccc4)nc(-n4c5ccccc5c5cc6c(cc54)c4ccccc4n6-c4ccccc4)n3)cc2)cc1.c1ccc(-c2ccnc(-c3ccc(-n4c5ccccc5c5ccccc54)cc3)n2)cc1. The second kappa shape index (κ2) is 31.5. The summed E-state index contributed by atoms with van der Waals surface area (Å²) in [4.78, 5) is 39.4. The van der Waals surface area contributed by atoms with Crippen molar-refractivity contribution in [1.82, 2.24) is 58.1 Å². The minimum Gasteiger partial charge on any atom is -0.309 e. The summed E-state index contributed by atoms with van der Waals surface area (Å²) in [6, 6.07) is 150. The van der Waals surface area contributed by atoms with E-state index in [1.54, 1.807) is 0 Å². The maximum atomic E-state index is 5.21. The summed E-state index contributed by atoms with van der Waals surface area (Å²) in [6.07, 6.45) is 1.82. The summed E-state index contributed by atoms with van der Waals surface area (Å²) in [5.41, 5.74) is 28.1. The van der Waals surface area contributed by atoms with Gasteiger partial charge in [-0.2, -0.15) is 9.97 Å². The lowest BCUT2D eigenvalue weighted by atomic mass is 9.82. The fraction of sp³-hybridized carbons (Fsp3) is 0.0261. The van der Waals surface area contributed by atoms with Crippen molar-refractivity contribution in [1.29, 1.82) is 0 Å². The number of fused-ring (bicyclic) bond motifs is 16. The van der Waals surface area contributed by atoms with Crippen LogP contribution in [-0.2, 0) is 5.41 Å². The topological polar surface area (TPSA) is 123 Å². The van der Waals surface area contributed by atoms with Gasteiger partial charge in [0, 0.05) is 111 Å². The van der Waals surface area contributed by atoms with Crippen LogP contribution in [0.4, 0.5) is 0 Å². The minimum atomic E-state index is -0.0489. The third-order valence-corrected chi connectivity index (χ3v) is 24.7. The predicted octanol–water partition coefficient (Wildman–Crippen LogP) is 28.3. The number of rotatable bonds is 12. The standard InChI is InChI=1S/C45H29N5.C42H30N4.C28H19N3/c1-4-14-30(15-5-1)31-24-26-33(27-25-31)44-46-43(32-16-6-2-7-17-32)47-45(48-44)50-40-23-13-11-21-36(40)38-28-41-37(29-42(38)50)35-20-10-12-22-39(35)49(41)34-18-8-3-9-19-34;1-42(2)33-19-11-9-17-31(33)37-34(42)25-26-36-38(37)32-18-10-12-20-35(32)46(36)30-23-21-29(22-24-30)41-44-39(27-13-5-3-6-14-27)43-40(45-41)28-15-7-4-8-16-28;1-2-8-20(9-3-1)25-18-19-29-28(30-25)21-14-16-22(17-15-21)31-26-12-6-4-10-23(26)24-11-5-7-13-27(24)31/h1-29H;3-26H,1-2H3;1-19H. The van der Waals surface area contributed by atoms with Crippen molar-refractivity contribution < 1.29 is 0 Å². The first-order chi connectivity index (χ1) is 62.8. The molecule has 0 unspecified atom stereocenters. The van der Waals surface area contributed by atoms with E-state index in [4.69, 9.17) is 34.9 Å². The molecule has 598 valence electrons. The lowest BCUT2D eigenvalue weighted by molar-refractivity contribution is 0.661. The summed E-state index contributed by atoms with van der Waals surface area (Å²) in [5.74, 6) is 4.54. The van der Waals surface area contributed by atoms with Crippen LogP contribution >= 0.6 is 0 Å². The van der Waals surface area contributed by atoms with Crippen LogP contribution in [-0.4, -0.2) is 58.1 Å². The Labute approximate surface area is 732 Å². The fourth-order valence-corrected chi connectivity index (χ4v) is 18.7. The van der Waals surface area contributed by atoms with Gasteiger partial charge in [0.25, 0.3) is 0 Å². The van der Waals surface area contributed by atoms with E-state index in [1.807, 2.05) is 115 Å². The lowest BCUT2D eigenvalue weighted by Crippen LogP contribution is -2.14. The normalized spacial score (nSPS) is 12.1. The number of para-hydroxylation sites is 6. The molecule has 0 saturated heterocycles. The molecular formula is C115H78N12. The molecule has 0 amide bonds. The van der Waals surface area contributed by atoms with Gasteiger partial charge in [-0.05, 0) is 149 Å². The fourth-order valence-electron chi connectivity index (χ4n) is 18.7. The first-order valence-electron chi connectivity index (χ1n) is 42.9. The van der Waals surface area contributed by atoms with Crippen molar-refractivity contribution in [2.24, 2.45) is 0 Å². The highest BCUT2D eigenvalue weighted by Gasteiger charge is 2.37. The quantitative estimate of drug-likeness (QED) is 0.119. The first-order valence-corrected chi connectivity index (χ1v) is 42.9. The van der Waals surface area contributed by atoms with Gasteiger partial charge in [0.2, 0.25) is 5.95 Å². The molecule has 0 atom stereocenters. The summed E-state index contributed by atoms with van der Waals surface area (Å²) < 4.78 is 9.27. The molecule has 0 radical (unpaired) electrons. The Balaban J connectivity index is 0.000000112. The second-order valence-electron chi connectivity index (χ2n) is 32.6. The average molecular weight is 1630 g/mol. The number of hydrogen-bond donors (Lipinski definition) is 0. The molecule has 127 heavy (non-hydrogen) atoms. The summed E-state index contributed by atoms with van der Waals surface area (Å²) in [6.45, 7) is 4.68. The van der Waals surface area contributed by atoms with Crippen molar-refractivity contribution in [3.63, 3.8) is 0 Å². The van der Waals surface area contributed by atoms with E-state index in [-0.39, 0.29) is 5.41 Å². The molecule has 1 aliphatic rings. The van der Waals surface area contributed by atoms with Crippen molar-refractivity contribution in [2.75, 3.05) is 0 Å². The van der Waals surface area contributed by atoms with Gasteiger partial charge in [0.15, 0.2) is 34.9 Å². The molecule has 25 rings (SSSR count). The summed E-state index contributed by atoms with van der Waals surface area (Å²) in [7, 11) is 0. The van der Waals surface area contributed by atoms with Gasteiger partial charge in [0.1, 0.15) is 0 Å². The van der Waals surface area contributed by atoms with Gasteiger partial charge in [0.05, 0.1) is 49.8 Å². The molecule has 0 spiro atoms. The van der Waals surface area contributed by atoms with Crippen LogP contribution in [0.3, 0.4) is 0 Å². The van der Waals surface area contributed by atoms with Crippen LogP contribution in [0.25, 0.3) is 212 Å². The van der Waals surface area contributed by atoms with Crippen molar-refractivity contribution in [3.8, 4) is 125 Å². The molecule has 7 aromatic heterocycles. The Morgan fingerprint density at radius 2 is 0.528 bits per heavy atom. The van der Waals surface area contributed by atoms with E-state index in [1.165, 1.54) is 87.7 Å². The zero-order chi connectivity index (χ0) is 84.5. The number of nitrogens with zero attached hydrogens (tertiary/aromatic N) is 12. The van der Waals surface area contributed by atoms with Crippen LogP contribution in [0.1, 0.15) is 25.0 Å². The third-order valence-electron chi connectivity index (χ3n) is 24.7. The Hall–Kier alpha value is -17.0. The van der Waals surface area contributed by atoms with Gasteiger partial charge in [-0.15, -0.1) is 0 Å². The van der Waals surface area contributed by atoms with E-state index in [0.29, 0.717) is 35.1 Å². The van der Waals surface area contributed by atoms with Gasteiger partial charge >= 0.3 is 0 Å². The van der Waals surface area contributed by atoms with Crippen LogP contribution < -0.4 is 0 Å². The second-order valence-corrected chi connectivity index (χ2v) is 32.6. The highest BCUT2D eigenvalue weighted by molar-refractivity contribution is 6.20. The van der Waals surface area contributed by atoms with Crippen molar-refractivity contribution in [2.45, 2.75) is 19.3 Å². The lowest BCUT2D eigenvalue weighted by Gasteiger charge is -2.21. The predicted molar refractivity (Wildman–Crippen MR) is 520 cm³/mol. The van der Waals surface area contributed by atoms with Gasteiger partial charge in [-0.1, -0.05) is 329 Å². The molecule has 7 heterocycles. The molecule has 1 aliphatic carbocycles. The Bertz CT molecular complexity index is 8180. The Morgan fingerprint density at radius 3 is 1.02 bits per heavy atom. The largest absolute Gasteiger partial charge is 0.309 e. The van der Waals surface area contributed by atoms with Crippen LogP contribution in [0.15, 0.2) is 437 Å². The number of aromatic nitrogens is 12. The summed E-state index contributed by atoms with van der Waals surface area (Å²) in [5, 5.41) is 9.77. The van der Waals surface area contributed by atoms with Gasteiger partial charge in [-0.3, -0.25) is 4.57 Å². The van der Waals surface area contributed by atoms with Crippen LogP contribution in [0.5, 0.6) is 0 Å². The highest BCUT2D eigenvalue weighted by atomic mass is 15.2. The zero-order valence-electron chi connectivity index (χ0n) is 69.4. The van der Waals surface area contributed by atoms with E-state index < -0.39 is 0 Å². The molecule has 12 nitrogen and oxygen atoms in total.